The Bertz CT molecular complexity index is 913. The van der Waals surface area contributed by atoms with Crippen LogP contribution in [0.2, 0.25) is 0 Å². The molecule has 0 atom stereocenters. The minimum absolute atomic E-state index is 0.0900. The molecular weight excluding hydrogens is 334 g/mol. The summed E-state index contributed by atoms with van der Waals surface area (Å²) in [6.07, 6.45) is 1.86. The number of carbonyl (C=O) groups is 1. The molecule has 0 unspecified atom stereocenters. The molecule has 0 fully saturated rings. The average molecular weight is 361 g/mol. The second kappa shape index (κ2) is 8.72. The van der Waals surface area contributed by atoms with Gasteiger partial charge in [-0.15, -0.1) is 0 Å². The van der Waals surface area contributed by atoms with Gasteiger partial charge in [0.2, 0.25) is 0 Å². The van der Waals surface area contributed by atoms with E-state index in [1.165, 1.54) is 11.1 Å². The number of amides is 1. The van der Waals surface area contributed by atoms with E-state index in [1.807, 2.05) is 36.4 Å². The van der Waals surface area contributed by atoms with Crippen molar-refractivity contribution in [3.8, 4) is 5.75 Å². The summed E-state index contributed by atoms with van der Waals surface area (Å²) in [5.41, 5.74) is 3.24. The van der Waals surface area contributed by atoms with Crippen LogP contribution in [0.1, 0.15) is 47.7 Å². The first-order valence-electron chi connectivity index (χ1n) is 9.52. The largest absolute Gasteiger partial charge is 0.496 e. The Kier molecular flexibility index (Phi) is 6.12. The molecule has 1 N–H and O–H groups in total. The molecule has 0 saturated heterocycles. The Morgan fingerprint density at radius 3 is 2.30 bits per heavy atom. The van der Waals surface area contributed by atoms with Gasteiger partial charge in [0.05, 0.1) is 12.7 Å². The van der Waals surface area contributed by atoms with E-state index in [9.17, 15) is 4.79 Å². The fraction of sp³-hybridized carbons (Fsp3) is 0.292. The minimum atomic E-state index is -0.0900. The number of hydrogen-bond acceptors (Lipinski definition) is 2. The molecule has 0 spiro atoms. The third-order valence-electron chi connectivity index (χ3n) is 4.89. The normalized spacial score (nSPS) is 11.0. The smallest absolute Gasteiger partial charge is 0.255 e. The number of hydrogen-bond donors (Lipinski definition) is 1. The summed E-state index contributed by atoms with van der Waals surface area (Å²) in [6.45, 7) is 5.04. The van der Waals surface area contributed by atoms with Crippen molar-refractivity contribution in [3.63, 3.8) is 0 Å². The molecule has 0 aromatic heterocycles. The van der Waals surface area contributed by atoms with Gasteiger partial charge in [0.1, 0.15) is 5.75 Å². The monoisotopic (exact) mass is 361 g/mol. The van der Waals surface area contributed by atoms with Gasteiger partial charge in [0.15, 0.2) is 0 Å². The van der Waals surface area contributed by atoms with E-state index >= 15 is 0 Å². The van der Waals surface area contributed by atoms with Crippen LogP contribution in [0.3, 0.4) is 0 Å². The van der Waals surface area contributed by atoms with Crippen molar-refractivity contribution in [1.82, 2.24) is 5.32 Å². The van der Waals surface area contributed by atoms with E-state index in [-0.39, 0.29) is 5.91 Å². The third kappa shape index (κ3) is 4.68. The predicted octanol–water partition coefficient (Wildman–Crippen LogP) is 5.33. The summed E-state index contributed by atoms with van der Waals surface area (Å²) in [5.74, 6) is 1.07. The van der Waals surface area contributed by atoms with Gasteiger partial charge in [-0.1, -0.05) is 62.4 Å². The van der Waals surface area contributed by atoms with Crippen LogP contribution in [0.15, 0.2) is 60.7 Å². The van der Waals surface area contributed by atoms with Gasteiger partial charge in [0, 0.05) is 6.54 Å². The van der Waals surface area contributed by atoms with Crippen molar-refractivity contribution in [2.75, 3.05) is 13.7 Å². The molecule has 0 aliphatic rings. The zero-order valence-electron chi connectivity index (χ0n) is 16.3. The molecular formula is C24H27NO2. The fourth-order valence-corrected chi connectivity index (χ4v) is 3.22. The van der Waals surface area contributed by atoms with Gasteiger partial charge in [0.25, 0.3) is 5.91 Å². The number of benzene rings is 3. The fourth-order valence-electron chi connectivity index (χ4n) is 3.22. The van der Waals surface area contributed by atoms with E-state index in [4.69, 9.17) is 4.74 Å². The van der Waals surface area contributed by atoms with Gasteiger partial charge in [-0.3, -0.25) is 4.79 Å². The quantitative estimate of drug-likeness (QED) is 0.577. The summed E-state index contributed by atoms with van der Waals surface area (Å²) in [7, 11) is 1.60. The Morgan fingerprint density at radius 2 is 1.67 bits per heavy atom. The maximum atomic E-state index is 12.6. The van der Waals surface area contributed by atoms with Crippen molar-refractivity contribution < 1.29 is 9.53 Å². The van der Waals surface area contributed by atoms with Crippen LogP contribution in [-0.2, 0) is 6.42 Å². The molecule has 0 heterocycles. The van der Waals surface area contributed by atoms with Crippen molar-refractivity contribution >= 4 is 16.7 Å². The number of nitrogens with one attached hydrogen (secondary N) is 1. The predicted molar refractivity (Wildman–Crippen MR) is 112 cm³/mol. The minimum Gasteiger partial charge on any atom is -0.496 e. The molecule has 1 amide bonds. The van der Waals surface area contributed by atoms with E-state index in [0.717, 1.165) is 23.6 Å². The first-order chi connectivity index (χ1) is 13.1. The van der Waals surface area contributed by atoms with Crippen LogP contribution in [0.25, 0.3) is 10.8 Å². The van der Waals surface area contributed by atoms with Gasteiger partial charge in [-0.2, -0.15) is 0 Å². The summed E-state index contributed by atoms with van der Waals surface area (Å²) in [6, 6.07) is 20.5. The molecule has 140 valence electrons. The third-order valence-corrected chi connectivity index (χ3v) is 4.89. The highest BCUT2D eigenvalue weighted by atomic mass is 16.5. The zero-order valence-corrected chi connectivity index (χ0v) is 16.3. The van der Waals surface area contributed by atoms with E-state index < -0.39 is 0 Å². The molecule has 3 rings (SSSR count). The van der Waals surface area contributed by atoms with E-state index in [1.54, 1.807) is 7.11 Å². The van der Waals surface area contributed by atoms with Gasteiger partial charge in [-0.25, -0.2) is 0 Å². The lowest BCUT2D eigenvalue weighted by molar-refractivity contribution is 0.0950. The van der Waals surface area contributed by atoms with E-state index in [0.29, 0.717) is 23.8 Å². The topological polar surface area (TPSA) is 38.3 Å². The van der Waals surface area contributed by atoms with Gasteiger partial charge < -0.3 is 10.1 Å². The Hall–Kier alpha value is -2.81. The second-order valence-electron chi connectivity index (χ2n) is 7.16. The molecule has 0 radical (unpaired) electrons. The summed E-state index contributed by atoms with van der Waals surface area (Å²) in [4.78, 5) is 12.6. The van der Waals surface area contributed by atoms with Crippen LogP contribution in [0.4, 0.5) is 0 Å². The molecule has 0 aliphatic carbocycles. The molecule has 3 nitrogen and oxygen atoms in total. The molecule has 3 heteroatoms. The zero-order chi connectivity index (χ0) is 19.2. The molecule has 0 aliphatic heterocycles. The number of carbonyl (C=O) groups excluding carboxylic acids is 1. The molecule has 0 bridgehead atoms. The van der Waals surface area contributed by atoms with Crippen LogP contribution < -0.4 is 10.1 Å². The number of fused-ring (bicyclic) bond motifs is 1. The Labute approximate surface area is 161 Å². The lowest BCUT2D eigenvalue weighted by Crippen LogP contribution is -2.25. The lowest BCUT2D eigenvalue weighted by Gasteiger charge is -2.11. The van der Waals surface area contributed by atoms with Crippen molar-refractivity contribution in [3.05, 3.63) is 77.4 Å². The number of rotatable bonds is 7. The average Bonchev–Trinajstić information content (AvgIpc) is 2.70. The summed E-state index contributed by atoms with van der Waals surface area (Å²) < 4.78 is 5.42. The summed E-state index contributed by atoms with van der Waals surface area (Å²) in [5, 5.41) is 5.12. The molecule has 27 heavy (non-hydrogen) atoms. The number of methoxy groups -OCH3 is 1. The first kappa shape index (κ1) is 19.0. The van der Waals surface area contributed by atoms with E-state index in [2.05, 4.69) is 43.4 Å². The van der Waals surface area contributed by atoms with Crippen LogP contribution in [0, 0.1) is 0 Å². The highest BCUT2D eigenvalue weighted by molar-refractivity contribution is 6.01. The standard InChI is InChI=1S/C24H27NO2/c1-17(2)19-12-10-18(11-13-19)7-6-14-25-24(26)22-15-20-8-4-5-9-21(20)16-23(22)27-3/h4-5,8-13,15-17H,6-7,14H2,1-3H3,(H,25,26). The van der Waals surface area contributed by atoms with Crippen molar-refractivity contribution in [2.45, 2.75) is 32.6 Å². The molecule has 3 aromatic carbocycles. The maximum absolute atomic E-state index is 12.6. The SMILES string of the molecule is COc1cc2ccccc2cc1C(=O)NCCCc1ccc(C(C)C)cc1. The first-order valence-corrected chi connectivity index (χ1v) is 9.52. The molecule has 0 saturated carbocycles. The van der Waals surface area contributed by atoms with Crippen molar-refractivity contribution in [2.24, 2.45) is 0 Å². The molecule has 3 aromatic rings. The number of aryl methyl sites for hydroxylation is 1. The Morgan fingerprint density at radius 1 is 1.00 bits per heavy atom. The van der Waals surface area contributed by atoms with Crippen LogP contribution in [0.5, 0.6) is 5.75 Å². The van der Waals surface area contributed by atoms with Crippen molar-refractivity contribution in [1.29, 1.82) is 0 Å². The van der Waals surface area contributed by atoms with Gasteiger partial charge in [-0.05, 0) is 52.8 Å². The highest BCUT2D eigenvalue weighted by Gasteiger charge is 2.13. The Balaban J connectivity index is 1.58. The van der Waals surface area contributed by atoms with Crippen LogP contribution in [-0.4, -0.2) is 19.6 Å². The second-order valence-corrected chi connectivity index (χ2v) is 7.16. The summed E-state index contributed by atoms with van der Waals surface area (Å²) >= 11 is 0. The van der Waals surface area contributed by atoms with Gasteiger partial charge >= 0.3 is 0 Å². The maximum Gasteiger partial charge on any atom is 0.255 e. The highest BCUT2D eigenvalue weighted by Crippen LogP contribution is 2.25. The van der Waals surface area contributed by atoms with Crippen LogP contribution >= 0.6 is 0 Å². The lowest BCUT2D eigenvalue weighted by atomic mass is 10.0. The number of ether oxygens (including phenoxy) is 1.